The number of methoxy groups -OCH3 is 1. The van der Waals surface area contributed by atoms with Crippen LogP contribution in [0.4, 0.5) is 11.4 Å². The zero-order valence-corrected chi connectivity index (χ0v) is 23.0. The molecule has 4 aromatic carbocycles. The lowest BCUT2D eigenvalue weighted by atomic mass is 9.87. The van der Waals surface area contributed by atoms with E-state index in [-0.39, 0.29) is 11.8 Å². The fraction of sp³-hybridized carbons (Fsp3) is 0.294. The van der Waals surface area contributed by atoms with Crippen LogP contribution in [0.2, 0.25) is 0 Å². The van der Waals surface area contributed by atoms with Crippen molar-refractivity contribution in [2.24, 2.45) is 5.92 Å². The number of amides is 1. The number of anilines is 2. The first kappa shape index (κ1) is 26.5. The quantitative estimate of drug-likeness (QED) is 0.237. The minimum absolute atomic E-state index is 0.00576. The molecule has 0 saturated heterocycles. The summed E-state index contributed by atoms with van der Waals surface area (Å²) >= 11 is 0. The van der Waals surface area contributed by atoms with Crippen LogP contribution in [0.25, 0.3) is 21.9 Å². The van der Waals surface area contributed by atoms with Crippen LogP contribution in [0, 0.1) is 5.92 Å². The number of hydrogen-bond donors (Lipinski definition) is 0. The van der Waals surface area contributed by atoms with Gasteiger partial charge in [-0.1, -0.05) is 79.9 Å². The predicted molar refractivity (Wildman–Crippen MR) is 159 cm³/mol. The standard InChI is InChI=1S/C34H36N2O3/c1-35(2)30-19-17-26(18-20-30)25-15-13-24(14-16-25)23-36(33(37)27-9-5-4-6-10-27)32-22-29(34(38)39-3)21-28-11-7-8-12-31(28)32/h7-8,11-22,27H,4-6,9-10,23H2,1-3H3. The Morgan fingerprint density at radius 1 is 0.821 bits per heavy atom. The van der Waals surface area contributed by atoms with Crippen LogP contribution in [0.1, 0.15) is 48.0 Å². The Bertz CT molecular complexity index is 1450. The molecule has 0 bridgehead atoms. The zero-order chi connectivity index (χ0) is 27.4. The van der Waals surface area contributed by atoms with E-state index < -0.39 is 5.97 Å². The highest BCUT2D eigenvalue weighted by Gasteiger charge is 2.29. The number of nitrogens with zero attached hydrogens (tertiary/aromatic N) is 2. The Hall–Kier alpha value is -4.12. The van der Waals surface area contributed by atoms with Gasteiger partial charge in [-0.3, -0.25) is 4.79 Å². The molecule has 0 radical (unpaired) electrons. The molecular weight excluding hydrogens is 484 g/mol. The average Bonchev–Trinajstić information content (AvgIpc) is 2.99. The Balaban J connectivity index is 1.52. The van der Waals surface area contributed by atoms with E-state index in [9.17, 15) is 9.59 Å². The molecule has 4 aromatic rings. The van der Waals surface area contributed by atoms with Crippen molar-refractivity contribution < 1.29 is 14.3 Å². The van der Waals surface area contributed by atoms with Crippen molar-refractivity contribution in [1.29, 1.82) is 0 Å². The number of carbonyl (C=O) groups excluding carboxylic acids is 2. The van der Waals surface area contributed by atoms with E-state index >= 15 is 0 Å². The zero-order valence-electron chi connectivity index (χ0n) is 23.0. The van der Waals surface area contributed by atoms with Crippen molar-refractivity contribution in [3.8, 4) is 11.1 Å². The molecule has 5 nitrogen and oxygen atoms in total. The van der Waals surface area contributed by atoms with Gasteiger partial charge in [0.15, 0.2) is 0 Å². The molecule has 0 atom stereocenters. The molecule has 200 valence electrons. The fourth-order valence-corrected chi connectivity index (χ4v) is 5.54. The minimum atomic E-state index is -0.406. The summed E-state index contributed by atoms with van der Waals surface area (Å²) in [4.78, 5) is 30.6. The highest BCUT2D eigenvalue weighted by atomic mass is 16.5. The fourth-order valence-electron chi connectivity index (χ4n) is 5.54. The molecule has 1 saturated carbocycles. The Kier molecular flexibility index (Phi) is 7.97. The molecule has 1 aliphatic rings. The summed E-state index contributed by atoms with van der Waals surface area (Å²) in [5.41, 5.74) is 5.69. The molecule has 1 amide bonds. The predicted octanol–water partition coefficient (Wildman–Crippen LogP) is 7.47. The summed E-state index contributed by atoms with van der Waals surface area (Å²) in [6, 6.07) is 28.5. The summed E-state index contributed by atoms with van der Waals surface area (Å²) in [5, 5.41) is 1.86. The molecule has 0 aliphatic heterocycles. The average molecular weight is 521 g/mol. The molecule has 0 aromatic heterocycles. The van der Waals surface area contributed by atoms with Gasteiger partial charge in [0.25, 0.3) is 0 Å². The van der Waals surface area contributed by atoms with Crippen LogP contribution in [-0.4, -0.2) is 33.1 Å². The van der Waals surface area contributed by atoms with Crippen LogP contribution in [0.15, 0.2) is 84.9 Å². The van der Waals surface area contributed by atoms with Crippen molar-refractivity contribution in [3.05, 3.63) is 96.1 Å². The first-order valence-electron chi connectivity index (χ1n) is 13.7. The normalized spacial score (nSPS) is 13.7. The van der Waals surface area contributed by atoms with Crippen LogP contribution in [0.5, 0.6) is 0 Å². The van der Waals surface area contributed by atoms with Gasteiger partial charge in [0.1, 0.15) is 0 Å². The third kappa shape index (κ3) is 5.83. The van der Waals surface area contributed by atoms with E-state index in [0.29, 0.717) is 12.1 Å². The molecule has 0 unspecified atom stereocenters. The van der Waals surface area contributed by atoms with Crippen LogP contribution in [-0.2, 0) is 16.1 Å². The smallest absolute Gasteiger partial charge is 0.337 e. The molecule has 39 heavy (non-hydrogen) atoms. The van der Waals surface area contributed by atoms with Gasteiger partial charge >= 0.3 is 5.97 Å². The highest BCUT2D eigenvalue weighted by molar-refractivity contribution is 6.07. The number of carbonyl (C=O) groups is 2. The van der Waals surface area contributed by atoms with Crippen molar-refractivity contribution in [3.63, 3.8) is 0 Å². The number of hydrogen-bond acceptors (Lipinski definition) is 4. The highest BCUT2D eigenvalue weighted by Crippen LogP contribution is 2.34. The van der Waals surface area contributed by atoms with Gasteiger partial charge < -0.3 is 14.5 Å². The molecule has 0 spiro atoms. The number of benzene rings is 4. The molecule has 0 N–H and O–H groups in total. The minimum Gasteiger partial charge on any atom is -0.465 e. The van der Waals surface area contributed by atoms with Gasteiger partial charge in [0.05, 0.1) is 24.9 Å². The van der Waals surface area contributed by atoms with E-state index in [2.05, 4.69) is 53.4 Å². The largest absolute Gasteiger partial charge is 0.465 e. The van der Waals surface area contributed by atoms with E-state index in [1.165, 1.54) is 13.5 Å². The van der Waals surface area contributed by atoms with Crippen LogP contribution in [0.3, 0.4) is 0 Å². The lowest BCUT2D eigenvalue weighted by molar-refractivity contribution is -0.123. The van der Waals surface area contributed by atoms with Crippen molar-refractivity contribution in [2.45, 2.75) is 38.6 Å². The second kappa shape index (κ2) is 11.7. The maximum absolute atomic E-state index is 14.1. The van der Waals surface area contributed by atoms with E-state index in [1.807, 2.05) is 55.4 Å². The lowest BCUT2D eigenvalue weighted by Crippen LogP contribution is -2.37. The number of fused-ring (bicyclic) bond motifs is 1. The van der Waals surface area contributed by atoms with Crippen LogP contribution >= 0.6 is 0 Å². The van der Waals surface area contributed by atoms with Crippen LogP contribution < -0.4 is 9.80 Å². The van der Waals surface area contributed by atoms with Gasteiger partial charge in [-0.2, -0.15) is 0 Å². The molecular formula is C34H36N2O3. The van der Waals surface area contributed by atoms with E-state index in [0.717, 1.165) is 64.5 Å². The first-order chi connectivity index (χ1) is 18.9. The van der Waals surface area contributed by atoms with Crippen molar-refractivity contribution in [1.82, 2.24) is 0 Å². The van der Waals surface area contributed by atoms with Gasteiger partial charge in [0.2, 0.25) is 5.91 Å². The Morgan fingerprint density at radius 3 is 2.10 bits per heavy atom. The molecule has 1 aliphatic carbocycles. The maximum atomic E-state index is 14.1. The third-order valence-electron chi connectivity index (χ3n) is 7.78. The van der Waals surface area contributed by atoms with Crippen molar-refractivity contribution >= 4 is 34.0 Å². The summed E-state index contributed by atoms with van der Waals surface area (Å²) in [7, 11) is 5.46. The summed E-state index contributed by atoms with van der Waals surface area (Å²) < 4.78 is 5.05. The SMILES string of the molecule is COC(=O)c1cc(N(Cc2ccc(-c3ccc(N(C)C)cc3)cc2)C(=O)C2CCCCC2)c2ccccc2c1. The molecule has 0 heterocycles. The Labute approximate surface area is 231 Å². The number of ether oxygens (including phenoxy) is 1. The molecule has 1 fully saturated rings. The number of esters is 1. The lowest BCUT2D eigenvalue weighted by Gasteiger charge is -2.31. The third-order valence-corrected chi connectivity index (χ3v) is 7.78. The second-order valence-electron chi connectivity index (χ2n) is 10.6. The van der Waals surface area contributed by atoms with Gasteiger partial charge in [-0.25, -0.2) is 4.79 Å². The monoisotopic (exact) mass is 520 g/mol. The van der Waals surface area contributed by atoms with E-state index in [4.69, 9.17) is 4.74 Å². The van der Waals surface area contributed by atoms with E-state index in [1.54, 1.807) is 0 Å². The summed E-state index contributed by atoms with van der Waals surface area (Å²) in [5.74, 6) is -0.282. The summed E-state index contributed by atoms with van der Waals surface area (Å²) in [6.45, 7) is 0.434. The van der Waals surface area contributed by atoms with Gasteiger partial charge in [0, 0.05) is 31.1 Å². The first-order valence-corrected chi connectivity index (χ1v) is 13.7. The topological polar surface area (TPSA) is 49.9 Å². The Morgan fingerprint density at radius 2 is 1.46 bits per heavy atom. The van der Waals surface area contributed by atoms with Crippen molar-refractivity contribution in [2.75, 3.05) is 31.0 Å². The number of rotatable bonds is 7. The molecule has 5 rings (SSSR count). The van der Waals surface area contributed by atoms with Gasteiger partial charge in [-0.15, -0.1) is 0 Å². The molecule has 5 heteroatoms. The van der Waals surface area contributed by atoms with Gasteiger partial charge in [-0.05, 0) is 59.2 Å². The summed E-state index contributed by atoms with van der Waals surface area (Å²) in [6.07, 6.45) is 5.15. The maximum Gasteiger partial charge on any atom is 0.337 e. The second-order valence-corrected chi connectivity index (χ2v) is 10.6.